The van der Waals surface area contributed by atoms with Crippen LogP contribution in [0.5, 0.6) is 0 Å². The van der Waals surface area contributed by atoms with Gasteiger partial charge in [-0.1, -0.05) is 18.2 Å². The van der Waals surface area contributed by atoms with Crippen LogP contribution in [0.1, 0.15) is 5.56 Å². The number of hydrogen-bond acceptors (Lipinski definition) is 7. The van der Waals surface area contributed by atoms with Crippen molar-refractivity contribution in [2.75, 3.05) is 19.7 Å². The van der Waals surface area contributed by atoms with Crippen LogP contribution in [0.25, 0.3) is 22.2 Å². The van der Waals surface area contributed by atoms with E-state index in [2.05, 4.69) is 15.4 Å². The Hall–Kier alpha value is -3.73. The number of nitrogens with one attached hydrogen (secondary N) is 2. The van der Waals surface area contributed by atoms with Gasteiger partial charge in [0.1, 0.15) is 24.1 Å². The third kappa shape index (κ3) is 6.34. The molecule has 13 heteroatoms. The Bertz CT molecular complexity index is 1390. The van der Waals surface area contributed by atoms with Gasteiger partial charge in [0.2, 0.25) is 0 Å². The third-order valence-electron chi connectivity index (χ3n) is 5.85. The number of benzene rings is 2. The molecule has 1 fully saturated rings. The summed E-state index contributed by atoms with van der Waals surface area (Å²) in [6.45, 7) is -0.736. The Kier molecular flexibility index (Phi) is 7.63. The van der Waals surface area contributed by atoms with E-state index in [0.717, 1.165) is 0 Å². The minimum atomic E-state index is -4.84. The smallest absolute Gasteiger partial charge is 0.408 e. The van der Waals surface area contributed by atoms with Crippen LogP contribution in [0.2, 0.25) is 0 Å². The number of halogens is 4. The fourth-order valence-electron chi connectivity index (χ4n) is 3.96. The molecule has 0 aliphatic carbocycles. The SMILES string of the molecule is Cn1c(=O)oc2ccc(-c3ccc(C[C@@H](C#N)NC(=O)[C@@H]4CNC[C@@H](OC(F)(F)F)CO4)c(F)c3)cc21. The van der Waals surface area contributed by atoms with Crippen molar-refractivity contribution in [2.24, 2.45) is 7.05 Å². The highest BCUT2D eigenvalue weighted by atomic mass is 19.4. The Morgan fingerprint density at radius 3 is 2.70 bits per heavy atom. The minimum absolute atomic E-state index is 0.0860. The van der Waals surface area contributed by atoms with Crippen molar-refractivity contribution >= 4 is 17.0 Å². The Morgan fingerprint density at radius 2 is 2.00 bits per heavy atom. The zero-order chi connectivity index (χ0) is 26.7. The molecule has 2 N–H and O–H groups in total. The van der Waals surface area contributed by atoms with Gasteiger partial charge in [-0.15, -0.1) is 13.2 Å². The highest BCUT2D eigenvalue weighted by Crippen LogP contribution is 2.26. The quantitative estimate of drug-likeness (QED) is 0.478. The van der Waals surface area contributed by atoms with Gasteiger partial charge in [-0.3, -0.25) is 14.1 Å². The second kappa shape index (κ2) is 10.7. The van der Waals surface area contributed by atoms with E-state index in [1.54, 1.807) is 31.3 Å². The van der Waals surface area contributed by atoms with Crippen LogP contribution >= 0.6 is 0 Å². The topological polar surface area (TPSA) is 119 Å². The third-order valence-corrected chi connectivity index (χ3v) is 5.85. The minimum Gasteiger partial charge on any atom is -0.408 e. The summed E-state index contributed by atoms with van der Waals surface area (Å²) in [5.41, 5.74) is 2.29. The zero-order valence-corrected chi connectivity index (χ0v) is 19.5. The largest absolute Gasteiger partial charge is 0.522 e. The summed E-state index contributed by atoms with van der Waals surface area (Å²) in [5, 5.41) is 14.6. The molecule has 0 saturated carbocycles. The Labute approximate surface area is 207 Å². The molecule has 1 amide bonds. The van der Waals surface area contributed by atoms with Crippen molar-refractivity contribution in [1.29, 1.82) is 5.26 Å². The molecule has 196 valence electrons. The number of nitriles is 1. The lowest BCUT2D eigenvalue weighted by atomic mass is 10.00. The monoisotopic (exact) mass is 522 g/mol. The summed E-state index contributed by atoms with van der Waals surface area (Å²) in [6.07, 6.45) is -7.47. The number of carbonyl (C=O) groups excluding carboxylic acids is 1. The van der Waals surface area contributed by atoms with Gasteiger partial charge in [-0.2, -0.15) is 5.26 Å². The maximum absolute atomic E-state index is 14.9. The molecule has 4 rings (SSSR count). The van der Waals surface area contributed by atoms with Crippen LogP contribution in [0, 0.1) is 17.1 Å². The van der Waals surface area contributed by atoms with Gasteiger partial charge >= 0.3 is 12.1 Å². The standard InChI is InChI=1S/C24H22F4N4O5/c1-32-19-8-14(4-5-20(19)36-23(32)34)13-2-3-15(18(25)7-13)6-16(9-29)31-22(33)21-11-30-10-17(12-35-21)37-24(26,27)28/h2-5,7-8,16-17,21,30H,6,10-12H2,1H3,(H,31,33)/t16-,17+,21-/m0/s1. The molecule has 1 aromatic heterocycles. The van der Waals surface area contributed by atoms with E-state index in [-0.39, 0.29) is 25.1 Å². The Morgan fingerprint density at radius 1 is 1.27 bits per heavy atom. The highest BCUT2D eigenvalue weighted by molar-refractivity contribution is 5.82. The number of oxazole rings is 1. The van der Waals surface area contributed by atoms with Gasteiger partial charge in [0.25, 0.3) is 5.91 Å². The zero-order valence-electron chi connectivity index (χ0n) is 19.5. The number of fused-ring (bicyclic) bond motifs is 1. The molecule has 9 nitrogen and oxygen atoms in total. The first-order valence-electron chi connectivity index (χ1n) is 11.2. The van der Waals surface area contributed by atoms with Crippen LogP contribution in [-0.4, -0.2) is 54.8 Å². The average Bonchev–Trinajstić information content (AvgIpc) is 2.98. The highest BCUT2D eigenvalue weighted by Gasteiger charge is 2.36. The number of alkyl halides is 3. The first-order valence-corrected chi connectivity index (χ1v) is 11.2. The predicted octanol–water partition coefficient (Wildman–Crippen LogP) is 2.38. The summed E-state index contributed by atoms with van der Waals surface area (Å²) >= 11 is 0. The molecule has 2 aromatic carbocycles. The first kappa shape index (κ1) is 26.3. The molecular weight excluding hydrogens is 500 g/mol. The average molecular weight is 522 g/mol. The summed E-state index contributed by atoms with van der Waals surface area (Å²) in [5.74, 6) is -1.84. The van der Waals surface area contributed by atoms with E-state index >= 15 is 0 Å². The lowest BCUT2D eigenvalue weighted by Gasteiger charge is -2.19. The normalized spacial score (nSPS) is 19.2. The first-order chi connectivity index (χ1) is 17.5. The van der Waals surface area contributed by atoms with Crippen molar-refractivity contribution in [3.8, 4) is 17.2 Å². The van der Waals surface area contributed by atoms with Crippen LogP contribution in [0.4, 0.5) is 17.6 Å². The van der Waals surface area contributed by atoms with E-state index in [1.165, 1.54) is 16.7 Å². The van der Waals surface area contributed by atoms with Crippen molar-refractivity contribution in [3.05, 3.63) is 58.3 Å². The molecule has 0 radical (unpaired) electrons. The van der Waals surface area contributed by atoms with E-state index in [9.17, 15) is 32.4 Å². The molecule has 1 saturated heterocycles. The molecule has 3 aromatic rings. The van der Waals surface area contributed by atoms with Gasteiger partial charge in [-0.05, 0) is 34.9 Å². The van der Waals surface area contributed by atoms with E-state index in [4.69, 9.17) is 9.15 Å². The number of rotatable bonds is 6. The molecule has 1 aliphatic heterocycles. The van der Waals surface area contributed by atoms with Crippen molar-refractivity contribution in [2.45, 2.75) is 31.0 Å². The van der Waals surface area contributed by atoms with Crippen LogP contribution < -0.4 is 16.4 Å². The molecule has 3 atom stereocenters. The lowest BCUT2D eigenvalue weighted by Crippen LogP contribution is -2.46. The molecule has 0 unspecified atom stereocenters. The number of nitrogens with zero attached hydrogens (tertiary/aromatic N) is 2. The van der Waals surface area contributed by atoms with Gasteiger partial charge in [0.15, 0.2) is 5.58 Å². The summed E-state index contributed by atoms with van der Waals surface area (Å²) in [6, 6.07) is 10.2. The van der Waals surface area contributed by atoms with E-state index in [0.29, 0.717) is 22.2 Å². The molecular formula is C24H22F4N4O5. The predicted molar refractivity (Wildman–Crippen MR) is 122 cm³/mol. The molecule has 2 heterocycles. The van der Waals surface area contributed by atoms with Gasteiger partial charge in [0, 0.05) is 26.6 Å². The van der Waals surface area contributed by atoms with Crippen molar-refractivity contribution < 1.29 is 36.2 Å². The summed E-state index contributed by atoms with van der Waals surface area (Å²) < 4.78 is 67.8. The van der Waals surface area contributed by atoms with Crippen molar-refractivity contribution in [3.63, 3.8) is 0 Å². The van der Waals surface area contributed by atoms with Crippen LogP contribution in [0.15, 0.2) is 45.6 Å². The lowest BCUT2D eigenvalue weighted by molar-refractivity contribution is -0.344. The number of aromatic nitrogens is 1. The number of carbonyl (C=O) groups is 1. The molecule has 0 spiro atoms. The molecule has 0 bridgehead atoms. The number of amides is 1. The van der Waals surface area contributed by atoms with E-state index < -0.39 is 48.7 Å². The van der Waals surface area contributed by atoms with Crippen LogP contribution in [0.3, 0.4) is 0 Å². The van der Waals surface area contributed by atoms with Gasteiger partial charge < -0.3 is 19.8 Å². The Balaban J connectivity index is 1.40. The number of ether oxygens (including phenoxy) is 2. The second-order valence-corrected chi connectivity index (χ2v) is 8.48. The van der Waals surface area contributed by atoms with E-state index in [1.807, 2.05) is 6.07 Å². The number of hydrogen-bond donors (Lipinski definition) is 2. The maximum atomic E-state index is 14.9. The summed E-state index contributed by atoms with van der Waals surface area (Å²) in [4.78, 5) is 24.2. The molecule has 1 aliphatic rings. The van der Waals surface area contributed by atoms with Crippen molar-refractivity contribution in [1.82, 2.24) is 15.2 Å². The summed E-state index contributed by atoms with van der Waals surface area (Å²) in [7, 11) is 1.56. The maximum Gasteiger partial charge on any atom is 0.522 e. The fourth-order valence-corrected chi connectivity index (χ4v) is 3.96. The number of aryl methyl sites for hydroxylation is 1. The van der Waals surface area contributed by atoms with Gasteiger partial charge in [0.05, 0.1) is 18.2 Å². The van der Waals surface area contributed by atoms with Crippen LogP contribution in [-0.2, 0) is 27.7 Å². The van der Waals surface area contributed by atoms with Gasteiger partial charge in [-0.25, -0.2) is 9.18 Å². The second-order valence-electron chi connectivity index (χ2n) is 8.48. The fraction of sp³-hybridized carbons (Fsp3) is 0.375. The molecule has 37 heavy (non-hydrogen) atoms.